The number of aromatic nitrogens is 2. The lowest BCUT2D eigenvalue weighted by atomic mass is 10.1. The summed E-state index contributed by atoms with van der Waals surface area (Å²) in [7, 11) is 0. The van der Waals surface area contributed by atoms with Crippen LogP contribution in [0.4, 0.5) is 0 Å². The molecule has 0 bridgehead atoms. The van der Waals surface area contributed by atoms with Gasteiger partial charge in [0.2, 0.25) is 0 Å². The third-order valence-corrected chi connectivity index (χ3v) is 3.22. The summed E-state index contributed by atoms with van der Waals surface area (Å²) < 4.78 is 2.12. The molecule has 94 valence electrons. The van der Waals surface area contributed by atoms with Gasteiger partial charge in [0.1, 0.15) is 0 Å². The fraction of sp³-hybridized carbons (Fsp3) is 0.214. The van der Waals surface area contributed by atoms with Crippen LogP contribution in [0.1, 0.15) is 6.92 Å². The number of azide groups is 1. The first kappa shape index (κ1) is 11.6. The van der Waals surface area contributed by atoms with Crippen molar-refractivity contribution in [3.05, 3.63) is 53.2 Å². The molecule has 0 saturated carbocycles. The van der Waals surface area contributed by atoms with Gasteiger partial charge in [-0.1, -0.05) is 18.1 Å². The Morgan fingerprint density at radius 3 is 3.11 bits per heavy atom. The van der Waals surface area contributed by atoms with Crippen molar-refractivity contribution in [3.8, 4) is 0 Å². The van der Waals surface area contributed by atoms with Crippen LogP contribution in [0, 0.1) is 0 Å². The summed E-state index contributed by atoms with van der Waals surface area (Å²) in [6.45, 7) is 2.58. The molecule has 0 aliphatic rings. The predicted octanol–water partition coefficient (Wildman–Crippen LogP) is 3.89. The highest BCUT2D eigenvalue weighted by Gasteiger charge is 2.08. The molecule has 0 N–H and O–H groups in total. The first-order valence-electron chi connectivity index (χ1n) is 6.16. The summed E-state index contributed by atoms with van der Waals surface area (Å²) >= 11 is 0. The summed E-state index contributed by atoms with van der Waals surface area (Å²) in [4.78, 5) is 7.23. The van der Waals surface area contributed by atoms with Crippen molar-refractivity contribution in [2.75, 3.05) is 0 Å². The lowest BCUT2D eigenvalue weighted by Gasteiger charge is -2.09. The molecule has 0 fully saturated rings. The number of hydrogen-bond acceptors (Lipinski definition) is 2. The zero-order chi connectivity index (χ0) is 13.2. The first-order valence-corrected chi connectivity index (χ1v) is 6.16. The number of rotatable bonds is 3. The van der Waals surface area contributed by atoms with Gasteiger partial charge in [-0.25, -0.2) is 0 Å². The molecule has 2 heterocycles. The number of fused-ring (bicyclic) bond motifs is 3. The molecule has 1 atom stereocenters. The average molecular weight is 251 g/mol. The molecule has 0 unspecified atom stereocenters. The molecular weight excluding hydrogens is 238 g/mol. The molecule has 1 aromatic carbocycles. The van der Waals surface area contributed by atoms with E-state index in [0.29, 0.717) is 6.54 Å². The molecule has 0 spiro atoms. The molecule has 3 rings (SSSR count). The lowest BCUT2D eigenvalue weighted by Crippen LogP contribution is -2.08. The summed E-state index contributed by atoms with van der Waals surface area (Å²) in [6, 6.07) is 10.1. The monoisotopic (exact) mass is 251 g/mol. The number of benzene rings is 1. The van der Waals surface area contributed by atoms with E-state index in [4.69, 9.17) is 5.53 Å². The molecular formula is C14H13N5. The van der Waals surface area contributed by atoms with Gasteiger partial charge in [0.15, 0.2) is 0 Å². The van der Waals surface area contributed by atoms with Gasteiger partial charge >= 0.3 is 0 Å². The Kier molecular flexibility index (Phi) is 2.82. The Labute approximate surface area is 110 Å². The van der Waals surface area contributed by atoms with Crippen LogP contribution in [0.2, 0.25) is 0 Å². The smallest absolute Gasteiger partial charge is 0.0723 e. The van der Waals surface area contributed by atoms with Crippen LogP contribution in [0.3, 0.4) is 0 Å². The van der Waals surface area contributed by atoms with E-state index in [1.54, 1.807) is 6.20 Å². The molecule has 2 aromatic heterocycles. The Morgan fingerprint density at radius 2 is 2.26 bits per heavy atom. The van der Waals surface area contributed by atoms with Crippen molar-refractivity contribution in [2.45, 2.75) is 19.5 Å². The van der Waals surface area contributed by atoms with Gasteiger partial charge in [0.25, 0.3) is 0 Å². The maximum Gasteiger partial charge on any atom is 0.0723 e. The minimum atomic E-state index is -0.0764. The zero-order valence-corrected chi connectivity index (χ0v) is 10.6. The van der Waals surface area contributed by atoms with E-state index in [0.717, 1.165) is 16.4 Å². The minimum absolute atomic E-state index is 0.0764. The van der Waals surface area contributed by atoms with E-state index >= 15 is 0 Å². The molecule has 5 nitrogen and oxygen atoms in total. The van der Waals surface area contributed by atoms with Gasteiger partial charge in [0.05, 0.1) is 17.1 Å². The summed E-state index contributed by atoms with van der Waals surface area (Å²) in [5.74, 6) is 0. The molecule has 19 heavy (non-hydrogen) atoms. The largest absolute Gasteiger partial charge is 0.347 e. The standard InChI is InChI=1S/C14H13N5/c1-10(17-18-15)9-19-8-6-11-4-5-13-12(14(11)19)3-2-7-16-13/h2-8,10H,9H2,1H3/t10-/m1/s1. The van der Waals surface area contributed by atoms with Crippen molar-refractivity contribution in [3.63, 3.8) is 0 Å². The van der Waals surface area contributed by atoms with Gasteiger partial charge < -0.3 is 4.57 Å². The predicted molar refractivity (Wildman–Crippen MR) is 75.8 cm³/mol. The molecule has 0 radical (unpaired) electrons. The van der Waals surface area contributed by atoms with Gasteiger partial charge in [0, 0.05) is 34.6 Å². The first-order chi connectivity index (χ1) is 9.29. The second-order valence-electron chi connectivity index (χ2n) is 4.60. The highest BCUT2D eigenvalue weighted by molar-refractivity contribution is 6.04. The molecule has 0 aliphatic heterocycles. The summed E-state index contributed by atoms with van der Waals surface area (Å²) in [6.07, 6.45) is 3.82. The van der Waals surface area contributed by atoms with E-state index in [2.05, 4.69) is 37.8 Å². The Balaban J connectivity index is 2.20. The van der Waals surface area contributed by atoms with Crippen molar-refractivity contribution < 1.29 is 0 Å². The lowest BCUT2D eigenvalue weighted by molar-refractivity contribution is 0.603. The maximum absolute atomic E-state index is 8.49. The van der Waals surface area contributed by atoms with Gasteiger partial charge in [-0.2, -0.15) is 0 Å². The molecule has 5 heteroatoms. The fourth-order valence-electron chi connectivity index (χ4n) is 2.42. The van der Waals surface area contributed by atoms with E-state index in [-0.39, 0.29) is 6.04 Å². The van der Waals surface area contributed by atoms with Gasteiger partial charge in [-0.05, 0) is 29.8 Å². The van der Waals surface area contributed by atoms with Crippen LogP contribution in [0.25, 0.3) is 32.2 Å². The van der Waals surface area contributed by atoms with Gasteiger partial charge in [-0.15, -0.1) is 0 Å². The second-order valence-corrected chi connectivity index (χ2v) is 4.60. The molecule has 0 aliphatic carbocycles. The van der Waals surface area contributed by atoms with E-state index < -0.39 is 0 Å². The summed E-state index contributed by atoms with van der Waals surface area (Å²) in [5.41, 5.74) is 10.6. The van der Waals surface area contributed by atoms with Crippen molar-refractivity contribution in [2.24, 2.45) is 5.11 Å². The van der Waals surface area contributed by atoms with Crippen LogP contribution < -0.4 is 0 Å². The maximum atomic E-state index is 8.49. The number of pyridine rings is 1. The quantitative estimate of drug-likeness (QED) is 0.395. The van der Waals surface area contributed by atoms with Crippen LogP contribution in [-0.2, 0) is 6.54 Å². The van der Waals surface area contributed by atoms with Crippen LogP contribution in [0.5, 0.6) is 0 Å². The molecule has 0 amide bonds. The van der Waals surface area contributed by atoms with Crippen molar-refractivity contribution >= 4 is 21.8 Å². The topological polar surface area (TPSA) is 66.6 Å². The number of nitrogens with zero attached hydrogens (tertiary/aromatic N) is 5. The van der Waals surface area contributed by atoms with E-state index in [1.807, 2.05) is 25.3 Å². The Morgan fingerprint density at radius 1 is 1.37 bits per heavy atom. The average Bonchev–Trinajstić information content (AvgIpc) is 2.82. The van der Waals surface area contributed by atoms with Crippen molar-refractivity contribution in [1.29, 1.82) is 0 Å². The Bertz CT molecular complexity index is 783. The van der Waals surface area contributed by atoms with E-state index in [9.17, 15) is 0 Å². The molecule has 0 saturated heterocycles. The molecule has 3 aromatic rings. The highest BCUT2D eigenvalue weighted by Crippen LogP contribution is 2.25. The van der Waals surface area contributed by atoms with Crippen LogP contribution >= 0.6 is 0 Å². The SMILES string of the molecule is C[C@H](Cn1ccc2ccc3ncccc3c21)N=[N+]=[N-]. The minimum Gasteiger partial charge on any atom is -0.347 e. The third-order valence-electron chi connectivity index (χ3n) is 3.22. The van der Waals surface area contributed by atoms with E-state index in [1.165, 1.54) is 5.39 Å². The summed E-state index contributed by atoms with van der Waals surface area (Å²) in [5, 5.41) is 6.03. The van der Waals surface area contributed by atoms with Gasteiger partial charge in [-0.3, -0.25) is 4.98 Å². The van der Waals surface area contributed by atoms with Crippen LogP contribution in [-0.4, -0.2) is 15.6 Å². The second kappa shape index (κ2) is 4.63. The number of hydrogen-bond donors (Lipinski definition) is 0. The zero-order valence-electron chi connectivity index (χ0n) is 10.6. The Hall–Kier alpha value is -2.52. The highest BCUT2D eigenvalue weighted by atomic mass is 15.2. The van der Waals surface area contributed by atoms with Crippen LogP contribution in [0.15, 0.2) is 47.8 Å². The fourth-order valence-corrected chi connectivity index (χ4v) is 2.42. The van der Waals surface area contributed by atoms with Crippen molar-refractivity contribution in [1.82, 2.24) is 9.55 Å². The third kappa shape index (κ3) is 2.00. The normalized spacial score (nSPS) is 12.5.